The fourth-order valence-corrected chi connectivity index (χ4v) is 2.55. The smallest absolute Gasteiger partial charge is 0.331 e. The van der Waals surface area contributed by atoms with Crippen LogP contribution in [0.5, 0.6) is 11.5 Å². The Bertz CT molecular complexity index is 859. The van der Waals surface area contributed by atoms with Crippen LogP contribution in [0.1, 0.15) is 17.5 Å². The highest BCUT2D eigenvalue weighted by Gasteiger charge is 2.12. The van der Waals surface area contributed by atoms with Crippen molar-refractivity contribution in [2.24, 2.45) is 0 Å². The summed E-state index contributed by atoms with van der Waals surface area (Å²) in [6.07, 6.45) is 3.78. The van der Waals surface area contributed by atoms with E-state index in [1.54, 1.807) is 24.3 Å². The lowest BCUT2D eigenvalue weighted by Crippen LogP contribution is -2.20. The number of ether oxygens (including phenoxy) is 3. The summed E-state index contributed by atoms with van der Waals surface area (Å²) in [6.45, 7) is 2.75. The van der Waals surface area contributed by atoms with Crippen LogP contribution in [0.2, 0.25) is 0 Å². The van der Waals surface area contributed by atoms with E-state index >= 15 is 0 Å². The number of aryl methyl sites for hydroxylation is 1. The largest absolute Gasteiger partial charge is 0.490 e. The number of amides is 1. The number of rotatable bonds is 5. The average Bonchev–Trinajstić information content (AvgIpc) is 2.90. The van der Waals surface area contributed by atoms with Gasteiger partial charge in [0.1, 0.15) is 0 Å². The number of fused-ring (bicyclic) bond motifs is 1. The zero-order valence-corrected chi connectivity index (χ0v) is 15.1. The molecule has 1 amide bonds. The lowest BCUT2D eigenvalue weighted by atomic mass is 10.1. The van der Waals surface area contributed by atoms with Gasteiger partial charge in [-0.15, -0.1) is 0 Å². The van der Waals surface area contributed by atoms with Gasteiger partial charge in [0.25, 0.3) is 5.91 Å². The third kappa shape index (κ3) is 5.34. The van der Waals surface area contributed by atoms with Crippen LogP contribution in [0.4, 0.5) is 5.69 Å². The number of anilines is 1. The van der Waals surface area contributed by atoms with Crippen molar-refractivity contribution >= 4 is 23.6 Å². The van der Waals surface area contributed by atoms with E-state index < -0.39 is 11.9 Å². The fourth-order valence-electron chi connectivity index (χ4n) is 2.55. The molecule has 1 aliphatic heterocycles. The number of carbonyl (C=O) groups is 2. The second kappa shape index (κ2) is 8.89. The van der Waals surface area contributed by atoms with Gasteiger partial charge in [-0.05, 0) is 36.3 Å². The molecule has 0 saturated heterocycles. The molecule has 1 heterocycles. The van der Waals surface area contributed by atoms with Gasteiger partial charge in [0, 0.05) is 24.3 Å². The molecule has 0 aliphatic carbocycles. The first-order valence-corrected chi connectivity index (χ1v) is 8.72. The summed E-state index contributed by atoms with van der Waals surface area (Å²) in [5.74, 6) is 0.232. The van der Waals surface area contributed by atoms with E-state index in [1.165, 1.54) is 6.08 Å². The van der Waals surface area contributed by atoms with Gasteiger partial charge in [-0.2, -0.15) is 0 Å². The van der Waals surface area contributed by atoms with E-state index in [-0.39, 0.29) is 6.61 Å². The van der Waals surface area contributed by atoms with Crippen molar-refractivity contribution in [2.75, 3.05) is 25.1 Å². The van der Waals surface area contributed by atoms with Crippen LogP contribution in [-0.2, 0) is 14.3 Å². The molecule has 0 atom stereocenters. The zero-order chi connectivity index (χ0) is 19.1. The summed E-state index contributed by atoms with van der Waals surface area (Å²) in [5.41, 5.74) is 2.52. The maximum absolute atomic E-state index is 12.0. The number of esters is 1. The van der Waals surface area contributed by atoms with Crippen molar-refractivity contribution in [1.82, 2.24) is 0 Å². The van der Waals surface area contributed by atoms with Gasteiger partial charge >= 0.3 is 5.97 Å². The standard InChI is InChI=1S/C21H21NO5/c1-15-5-2-3-6-16(15)7-10-21(24)27-14-20(23)22-17-8-9-18-19(13-17)26-12-4-11-25-18/h2-3,5-10,13H,4,11-12,14H2,1H3,(H,22,23)/b10-7+. The van der Waals surface area contributed by atoms with Gasteiger partial charge in [0.2, 0.25) is 0 Å². The van der Waals surface area contributed by atoms with Gasteiger partial charge in [-0.1, -0.05) is 24.3 Å². The summed E-state index contributed by atoms with van der Waals surface area (Å²) < 4.78 is 16.1. The maximum Gasteiger partial charge on any atom is 0.331 e. The number of hydrogen-bond donors (Lipinski definition) is 1. The first-order valence-electron chi connectivity index (χ1n) is 8.72. The minimum Gasteiger partial charge on any atom is -0.490 e. The Morgan fingerprint density at radius 1 is 1.11 bits per heavy atom. The Morgan fingerprint density at radius 3 is 2.70 bits per heavy atom. The van der Waals surface area contributed by atoms with Crippen LogP contribution >= 0.6 is 0 Å². The second-order valence-electron chi connectivity index (χ2n) is 6.06. The van der Waals surface area contributed by atoms with E-state index in [4.69, 9.17) is 14.2 Å². The SMILES string of the molecule is Cc1ccccc1/C=C/C(=O)OCC(=O)Nc1ccc2c(c1)OCCCO2. The van der Waals surface area contributed by atoms with E-state index in [0.29, 0.717) is 30.4 Å². The normalized spacial score (nSPS) is 13.1. The summed E-state index contributed by atoms with van der Waals surface area (Å²) in [5, 5.41) is 2.67. The van der Waals surface area contributed by atoms with Gasteiger partial charge in [0.15, 0.2) is 18.1 Å². The van der Waals surface area contributed by atoms with Crippen molar-refractivity contribution < 1.29 is 23.8 Å². The van der Waals surface area contributed by atoms with E-state index in [1.807, 2.05) is 31.2 Å². The first kappa shape index (κ1) is 18.5. The molecule has 2 aromatic carbocycles. The quantitative estimate of drug-likeness (QED) is 0.648. The Morgan fingerprint density at radius 2 is 1.89 bits per heavy atom. The summed E-state index contributed by atoms with van der Waals surface area (Å²) in [6, 6.07) is 12.8. The van der Waals surface area contributed by atoms with E-state index in [0.717, 1.165) is 17.5 Å². The highest BCUT2D eigenvalue weighted by molar-refractivity contribution is 5.94. The average molecular weight is 367 g/mol. The second-order valence-corrected chi connectivity index (χ2v) is 6.06. The number of carbonyl (C=O) groups excluding carboxylic acids is 2. The molecule has 6 nitrogen and oxygen atoms in total. The fraction of sp³-hybridized carbons (Fsp3) is 0.238. The molecule has 0 saturated carbocycles. The highest BCUT2D eigenvalue weighted by atomic mass is 16.5. The van der Waals surface area contributed by atoms with E-state index in [2.05, 4.69) is 5.32 Å². The van der Waals surface area contributed by atoms with Crippen LogP contribution in [0.15, 0.2) is 48.5 Å². The number of hydrogen-bond acceptors (Lipinski definition) is 5. The summed E-state index contributed by atoms with van der Waals surface area (Å²) in [7, 11) is 0. The predicted molar refractivity (Wildman–Crippen MR) is 102 cm³/mol. The Balaban J connectivity index is 1.50. The van der Waals surface area contributed by atoms with Crippen LogP contribution in [0, 0.1) is 6.92 Å². The summed E-state index contributed by atoms with van der Waals surface area (Å²) in [4.78, 5) is 23.8. The molecule has 0 aromatic heterocycles. The highest BCUT2D eigenvalue weighted by Crippen LogP contribution is 2.32. The van der Waals surface area contributed by atoms with Crippen molar-refractivity contribution in [1.29, 1.82) is 0 Å². The molecule has 0 radical (unpaired) electrons. The molecule has 27 heavy (non-hydrogen) atoms. The lowest BCUT2D eigenvalue weighted by molar-refractivity contribution is -0.142. The molecule has 2 aromatic rings. The van der Waals surface area contributed by atoms with Crippen molar-refractivity contribution in [3.05, 3.63) is 59.7 Å². The van der Waals surface area contributed by atoms with Crippen LogP contribution in [0.25, 0.3) is 6.08 Å². The Kier molecular flexibility index (Phi) is 6.10. The number of nitrogens with one attached hydrogen (secondary N) is 1. The van der Waals surface area contributed by atoms with E-state index in [9.17, 15) is 9.59 Å². The van der Waals surface area contributed by atoms with Crippen LogP contribution < -0.4 is 14.8 Å². The van der Waals surface area contributed by atoms with Crippen LogP contribution in [-0.4, -0.2) is 31.7 Å². The third-order valence-electron chi connectivity index (χ3n) is 3.96. The maximum atomic E-state index is 12.0. The minimum absolute atomic E-state index is 0.370. The molecule has 6 heteroatoms. The first-order chi connectivity index (χ1) is 13.1. The molecule has 0 unspecified atom stereocenters. The van der Waals surface area contributed by atoms with Gasteiger partial charge in [-0.25, -0.2) is 4.79 Å². The molecule has 140 valence electrons. The monoisotopic (exact) mass is 367 g/mol. The predicted octanol–water partition coefficient (Wildman–Crippen LogP) is 3.35. The third-order valence-corrected chi connectivity index (χ3v) is 3.96. The Labute approximate surface area is 157 Å². The molecule has 0 spiro atoms. The Hall–Kier alpha value is -3.28. The summed E-state index contributed by atoms with van der Waals surface area (Å²) >= 11 is 0. The molecular weight excluding hydrogens is 346 g/mol. The minimum atomic E-state index is -0.577. The molecule has 1 aliphatic rings. The molecule has 0 bridgehead atoms. The number of benzene rings is 2. The van der Waals surface area contributed by atoms with Gasteiger partial charge in [0.05, 0.1) is 13.2 Å². The van der Waals surface area contributed by atoms with Gasteiger partial charge < -0.3 is 19.5 Å². The topological polar surface area (TPSA) is 73.9 Å². The van der Waals surface area contributed by atoms with Crippen molar-refractivity contribution in [3.8, 4) is 11.5 Å². The van der Waals surface area contributed by atoms with Crippen LogP contribution in [0.3, 0.4) is 0 Å². The lowest BCUT2D eigenvalue weighted by Gasteiger charge is -2.10. The molecule has 0 fully saturated rings. The van der Waals surface area contributed by atoms with Crippen molar-refractivity contribution in [3.63, 3.8) is 0 Å². The van der Waals surface area contributed by atoms with Gasteiger partial charge in [-0.3, -0.25) is 4.79 Å². The zero-order valence-electron chi connectivity index (χ0n) is 15.1. The van der Waals surface area contributed by atoms with Crippen molar-refractivity contribution in [2.45, 2.75) is 13.3 Å². The molecule has 3 rings (SSSR count). The molecule has 1 N–H and O–H groups in total. The molecular formula is C21H21NO5.